The van der Waals surface area contributed by atoms with E-state index in [9.17, 15) is 4.79 Å². The van der Waals surface area contributed by atoms with Crippen LogP contribution in [0.15, 0.2) is 24.3 Å². The zero-order valence-corrected chi connectivity index (χ0v) is 22.6. The van der Waals surface area contributed by atoms with E-state index in [2.05, 4.69) is 17.1 Å². The molecule has 3 heterocycles. The number of halogens is 1. The van der Waals surface area contributed by atoms with E-state index in [-0.39, 0.29) is 6.61 Å². The third-order valence-electron chi connectivity index (χ3n) is 6.94. The van der Waals surface area contributed by atoms with Crippen LogP contribution in [0.3, 0.4) is 0 Å². The molecule has 36 heavy (non-hydrogen) atoms. The van der Waals surface area contributed by atoms with Crippen LogP contribution in [0.25, 0.3) is 0 Å². The van der Waals surface area contributed by atoms with Gasteiger partial charge in [-0.3, -0.25) is 5.32 Å². The summed E-state index contributed by atoms with van der Waals surface area (Å²) in [5.41, 5.74) is 0.598. The van der Waals surface area contributed by atoms with E-state index in [4.69, 9.17) is 35.3 Å². The summed E-state index contributed by atoms with van der Waals surface area (Å²) in [4.78, 5) is 15.3. The van der Waals surface area contributed by atoms with Crippen LogP contribution in [0.4, 0.5) is 10.5 Å². The zero-order chi connectivity index (χ0) is 25.6. The molecule has 0 aliphatic carbocycles. The van der Waals surface area contributed by atoms with Crippen LogP contribution >= 0.6 is 11.6 Å². The molecule has 3 aliphatic heterocycles. The highest BCUT2D eigenvalue weighted by Crippen LogP contribution is 2.47. The summed E-state index contributed by atoms with van der Waals surface area (Å²) in [6.45, 7) is 9.41. The van der Waals surface area contributed by atoms with Crippen molar-refractivity contribution in [1.82, 2.24) is 4.90 Å². The molecule has 1 N–H and O–H groups in total. The van der Waals surface area contributed by atoms with Crippen LogP contribution in [-0.4, -0.2) is 73.7 Å². The number of likely N-dealkylation sites (tertiary alicyclic amines) is 1. The molecule has 8 nitrogen and oxygen atoms in total. The van der Waals surface area contributed by atoms with Crippen LogP contribution < -0.4 is 5.32 Å². The Morgan fingerprint density at radius 3 is 2.56 bits per heavy atom. The number of nitrogens with one attached hydrogen (secondary N) is 1. The number of anilines is 1. The lowest BCUT2D eigenvalue weighted by atomic mass is 10.0. The Kier molecular flexibility index (Phi) is 9.52. The molecule has 4 atom stereocenters. The summed E-state index contributed by atoms with van der Waals surface area (Å²) < 4.78 is 31.2. The molecule has 3 fully saturated rings. The Morgan fingerprint density at radius 2 is 1.83 bits per heavy atom. The largest absolute Gasteiger partial charge is 0.440 e. The molecule has 9 heteroatoms. The molecule has 4 unspecified atom stereocenters. The number of amides is 1. The fourth-order valence-corrected chi connectivity index (χ4v) is 5.42. The summed E-state index contributed by atoms with van der Waals surface area (Å²) >= 11 is 5.97. The van der Waals surface area contributed by atoms with Crippen LogP contribution in [0.5, 0.6) is 0 Å². The summed E-state index contributed by atoms with van der Waals surface area (Å²) in [6.07, 6.45) is 5.91. The first-order valence-electron chi connectivity index (χ1n) is 13.4. The van der Waals surface area contributed by atoms with Crippen molar-refractivity contribution < 1.29 is 28.5 Å². The average Bonchev–Trinajstić information content (AvgIpc) is 3.49. The van der Waals surface area contributed by atoms with E-state index >= 15 is 0 Å². The molecule has 3 saturated heterocycles. The SMILES string of the molecule is CCCCCCCOCC12OC(CN3CCCC3)C(OC(=O)Nc3ccc(Cl)cc3)C1OC(C)(C)O2. The van der Waals surface area contributed by atoms with Gasteiger partial charge in [-0.25, -0.2) is 4.79 Å². The first kappa shape index (κ1) is 27.6. The minimum Gasteiger partial charge on any atom is -0.440 e. The van der Waals surface area contributed by atoms with Gasteiger partial charge in [0.1, 0.15) is 12.7 Å². The maximum atomic E-state index is 12.9. The highest BCUT2D eigenvalue weighted by atomic mass is 35.5. The molecule has 1 aromatic carbocycles. The summed E-state index contributed by atoms with van der Waals surface area (Å²) in [5.74, 6) is -2.01. The standard InChI is InChI=1S/C27H41ClN2O6/c1-4-5-6-7-10-17-32-19-27-24(35-26(2,3)36-27)23(22(34-27)18-30-15-8-9-16-30)33-25(31)29-21-13-11-20(28)12-14-21/h11-14,22-24H,4-10,15-19H2,1-3H3,(H,29,31). The second kappa shape index (κ2) is 12.4. The molecule has 0 saturated carbocycles. The van der Waals surface area contributed by atoms with E-state index < -0.39 is 36.0 Å². The van der Waals surface area contributed by atoms with Crippen molar-refractivity contribution in [3.63, 3.8) is 0 Å². The highest BCUT2D eigenvalue weighted by molar-refractivity contribution is 6.30. The van der Waals surface area contributed by atoms with Crippen molar-refractivity contribution in [1.29, 1.82) is 0 Å². The Labute approximate surface area is 219 Å². The predicted octanol–water partition coefficient (Wildman–Crippen LogP) is 5.59. The Balaban J connectivity index is 1.44. The smallest absolute Gasteiger partial charge is 0.412 e. The van der Waals surface area contributed by atoms with E-state index in [1.807, 2.05) is 13.8 Å². The number of hydrogen-bond acceptors (Lipinski definition) is 7. The molecule has 3 aliphatic rings. The maximum Gasteiger partial charge on any atom is 0.412 e. The van der Waals surface area contributed by atoms with Gasteiger partial charge >= 0.3 is 6.09 Å². The summed E-state index contributed by atoms with van der Waals surface area (Å²) in [5, 5.41) is 3.38. The third kappa shape index (κ3) is 7.11. The summed E-state index contributed by atoms with van der Waals surface area (Å²) in [6, 6.07) is 6.89. The van der Waals surface area contributed by atoms with Crippen LogP contribution in [0.1, 0.15) is 65.7 Å². The molecule has 0 spiro atoms. The van der Waals surface area contributed by atoms with Gasteiger partial charge in [-0.1, -0.05) is 44.2 Å². The minimum absolute atomic E-state index is 0.226. The van der Waals surface area contributed by atoms with Crippen molar-refractivity contribution in [2.45, 2.75) is 95.6 Å². The maximum absolute atomic E-state index is 12.9. The first-order chi connectivity index (χ1) is 17.3. The molecule has 0 bridgehead atoms. The van der Waals surface area contributed by atoms with Gasteiger partial charge in [0, 0.05) is 23.9 Å². The highest BCUT2D eigenvalue weighted by Gasteiger charge is 2.66. The number of carbonyl (C=O) groups excluding carboxylic acids is 1. The van der Waals surface area contributed by atoms with Crippen molar-refractivity contribution in [2.24, 2.45) is 0 Å². The van der Waals surface area contributed by atoms with Gasteiger partial charge in [0.2, 0.25) is 5.79 Å². The van der Waals surface area contributed by atoms with Crippen molar-refractivity contribution in [2.75, 3.05) is 38.2 Å². The van der Waals surface area contributed by atoms with E-state index in [0.29, 0.717) is 23.9 Å². The fourth-order valence-electron chi connectivity index (χ4n) is 5.29. The molecule has 0 radical (unpaired) electrons. The molecule has 202 valence electrons. The van der Waals surface area contributed by atoms with Crippen molar-refractivity contribution in [3.8, 4) is 0 Å². The fraction of sp³-hybridized carbons (Fsp3) is 0.741. The van der Waals surface area contributed by atoms with Gasteiger partial charge in [-0.2, -0.15) is 0 Å². The number of ether oxygens (including phenoxy) is 5. The molecule has 1 amide bonds. The number of carbonyl (C=O) groups is 1. The van der Waals surface area contributed by atoms with Gasteiger partial charge in [0.15, 0.2) is 18.0 Å². The Morgan fingerprint density at radius 1 is 1.11 bits per heavy atom. The molecule has 4 rings (SSSR count). The van der Waals surface area contributed by atoms with Crippen molar-refractivity contribution >= 4 is 23.4 Å². The Hall–Kier alpha value is -1.42. The molecule has 1 aromatic rings. The van der Waals surface area contributed by atoms with Gasteiger partial charge < -0.3 is 28.6 Å². The van der Waals surface area contributed by atoms with Crippen LogP contribution in [0, 0.1) is 0 Å². The number of benzene rings is 1. The van der Waals surface area contributed by atoms with E-state index in [1.54, 1.807) is 24.3 Å². The first-order valence-corrected chi connectivity index (χ1v) is 13.8. The number of nitrogens with zero attached hydrogens (tertiary/aromatic N) is 1. The third-order valence-corrected chi connectivity index (χ3v) is 7.20. The average molecular weight is 525 g/mol. The lowest BCUT2D eigenvalue weighted by Gasteiger charge is -2.30. The summed E-state index contributed by atoms with van der Waals surface area (Å²) in [7, 11) is 0. The second-order valence-electron chi connectivity index (χ2n) is 10.5. The minimum atomic E-state index is -1.12. The van der Waals surface area contributed by atoms with Gasteiger partial charge in [-0.05, 0) is 70.5 Å². The Bertz CT molecular complexity index is 847. The lowest BCUT2D eigenvalue weighted by Crippen LogP contribution is -2.46. The number of rotatable bonds is 12. The van der Waals surface area contributed by atoms with E-state index in [0.717, 1.165) is 38.8 Å². The number of fused-ring (bicyclic) bond motifs is 1. The van der Waals surface area contributed by atoms with Crippen molar-refractivity contribution in [3.05, 3.63) is 29.3 Å². The van der Waals surface area contributed by atoms with E-state index in [1.165, 1.54) is 19.3 Å². The van der Waals surface area contributed by atoms with Gasteiger partial charge in [0.05, 0.1) is 0 Å². The quantitative estimate of drug-likeness (QED) is 0.357. The molecule has 0 aromatic heterocycles. The number of hydrogen-bond donors (Lipinski definition) is 1. The monoisotopic (exact) mass is 524 g/mol. The normalized spacial score (nSPS) is 29.4. The van der Waals surface area contributed by atoms with Gasteiger partial charge in [-0.15, -0.1) is 0 Å². The zero-order valence-electron chi connectivity index (χ0n) is 21.8. The second-order valence-corrected chi connectivity index (χ2v) is 10.9. The number of unbranched alkanes of at least 4 members (excludes halogenated alkanes) is 4. The van der Waals surface area contributed by atoms with Gasteiger partial charge in [0.25, 0.3) is 0 Å². The predicted molar refractivity (Wildman–Crippen MR) is 138 cm³/mol. The van der Waals surface area contributed by atoms with Crippen LogP contribution in [-0.2, 0) is 23.7 Å². The van der Waals surface area contributed by atoms with Crippen LogP contribution in [0.2, 0.25) is 5.02 Å². The molecular weight excluding hydrogens is 484 g/mol. The topological polar surface area (TPSA) is 78.5 Å². The lowest BCUT2D eigenvalue weighted by molar-refractivity contribution is -0.278. The molecular formula is C27H41ClN2O6.